The summed E-state index contributed by atoms with van der Waals surface area (Å²) in [5, 5.41) is 12.8. The summed E-state index contributed by atoms with van der Waals surface area (Å²) < 4.78 is 11.3. The maximum Gasteiger partial charge on any atom is 0.204 e. The molecule has 0 bridgehead atoms. The predicted molar refractivity (Wildman–Crippen MR) is 123 cm³/mol. The van der Waals surface area contributed by atoms with Gasteiger partial charge < -0.3 is 14.4 Å². The van der Waals surface area contributed by atoms with E-state index in [-0.39, 0.29) is 6.04 Å². The minimum atomic E-state index is 0.245. The number of likely N-dealkylation sites (tertiary alicyclic amines) is 1. The molecular formula is C24H28N6O2. The van der Waals surface area contributed by atoms with Crippen LogP contribution in [0.3, 0.4) is 0 Å². The van der Waals surface area contributed by atoms with E-state index in [1.165, 1.54) is 5.56 Å². The number of benzene rings is 2. The van der Waals surface area contributed by atoms with Gasteiger partial charge in [0, 0.05) is 29.2 Å². The molecule has 166 valence electrons. The number of aromatic nitrogens is 4. The average molecular weight is 433 g/mol. The van der Waals surface area contributed by atoms with Crippen LogP contribution in [0.5, 0.6) is 11.5 Å². The Bertz CT molecular complexity index is 1170. The third-order valence-corrected chi connectivity index (χ3v) is 6.41. The van der Waals surface area contributed by atoms with Gasteiger partial charge in [0.1, 0.15) is 0 Å². The number of hydrogen-bond donors (Lipinski definition) is 0. The van der Waals surface area contributed by atoms with Crippen molar-refractivity contribution in [1.82, 2.24) is 25.1 Å². The molecule has 0 saturated carbocycles. The second kappa shape index (κ2) is 8.35. The molecule has 1 fully saturated rings. The van der Waals surface area contributed by atoms with Crippen LogP contribution in [0.15, 0.2) is 41.4 Å². The summed E-state index contributed by atoms with van der Waals surface area (Å²) in [6.45, 7) is 4.71. The first-order valence-electron chi connectivity index (χ1n) is 11.0. The Morgan fingerprint density at radius 3 is 2.59 bits per heavy atom. The quantitative estimate of drug-likeness (QED) is 0.617. The number of rotatable bonds is 5. The van der Waals surface area contributed by atoms with Gasteiger partial charge >= 0.3 is 0 Å². The van der Waals surface area contributed by atoms with Crippen molar-refractivity contribution in [1.29, 1.82) is 0 Å². The molecule has 0 spiro atoms. The van der Waals surface area contributed by atoms with E-state index in [0.717, 1.165) is 47.7 Å². The maximum atomic E-state index is 5.64. The third kappa shape index (κ3) is 3.54. The van der Waals surface area contributed by atoms with E-state index >= 15 is 0 Å². The standard InChI is InChI=1S/C24H28N6O2/c1-5-30-27-24(26-28-30)16-8-6-7-15(11-16)23-18-13-22(32-4)21(31-3)12-17(18)19-14-29(2)10-9-20(19)25-23/h6-8,11-13,19-20H,5,9-10,14H2,1-4H3/t19-,20-/m1/s1. The summed E-state index contributed by atoms with van der Waals surface area (Å²) in [5.74, 6) is 2.43. The zero-order valence-electron chi connectivity index (χ0n) is 18.9. The van der Waals surface area contributed by atoms with Gasteiger partial charge in [0.05, 0.1) is 32.5 Å². The SMILES string of the molecule is CCn1nnc(-c2cccc(C3=N[C@@H]4CCN(C)C[C@@H]4c4cc(OC)c(OC)cc43)c2)n1. The van der Waals surface area contributed by atoms with Crippen molar-refractivity contribution in [3.8, 4) is 22.9 Å². The van der Waals surface area contributed by atoms with Gasteiger partial charge in [0.2, 0.25) is 5.82 Å². The number of nitrogens with zero attached hydrogens (tertiary/aromatic N) is 6. The molecule has 2 aromatic carbocycles. The largest absolute Gasteiger partial charge is 0.493 e. The molecule has 0 radical (unpaired) electrons. The molecule has 8 nitrogen and oxygen atoms in total. The van der Waals surface area contributed by atoms with Crippen molar-refractivity contribution in [2.24, 2.45) is 4.99 Å². The summed E-state index contributed by atoms with van der Waals surface area (Å²) in [6.07, 6.45) is 1.03. The molecule has 0 amide bonds. The van der Waals surface area contributed by atoms with Crippen molar-refractivity contribution < 1.29 is 9.47 Å². The molecule has 32 heavy (non-hydrogen) atoms. The van der Waals surface area contributed by atoms with E-state index in [9.17, 15) is 0 Å². The number of piperidine rings is 1. The van der Waals surface area contributed by atoms with Crippen LogP contribution in [-0.4, -0.2) is 71.2 Å². The highest BCUT2D eigenvalue weighted by molar-refractivity contribution is 6.15. The fourth-order valence-electron chi connectivity index (χ4n) is 4.73. The zero-order chi connectivity index (χ0) is 22.2. The Balaban J connectivity index is 1.64. The highest BCUT2D eigenvalue weighted by atomic mass is 16.5. The molecule has 3 heterocycles. The first kappa shape index (κ1) is 20.6. The predicted octanol–water partition coefficient (Wildman–Crippen LogP) is 3.02. The molecule has 1 saturated heterocycles. The molecule has 3 aromatic rings. The Hall–Kier alpha value is -3.26. The van der Waals surface area contributed by atoms with Crippen LogP contribution in [-0.2, 0) is 6.54 Å². The van der Waals surface area contributed by atoms with Gasteiger partial charge in [-0.3, -0.25) is 4.99 Å². The normalized spacial score (nSPS) is 20.3. The number of ether oxygens (including phenoxy) is 2. The summed E-state index contributed by atoms with van der Waals surface area (Å²) in [7, 11) is 5.53. The Kier molecular flexibility index (Phi) is 5.38. The summed E-state index contributed by atoms with van der Waals surface area (Å²) in [4.78, 5) is 9.24. The molecule has 2 aliphatic heterocycles. The van der Waals surface area contributed by atoms with Gasteiger partial charge in [-0.15, -0.1) is 10.2 Å². The molecule has 0 N–H and O–H groups in total. The smallest absolute Gasteiger partial charge is 0.204 e. The number of likely N-dealkylation sites (N-methyl/N-ethyl adjacent to an activating group) is 1. The van der Waals surface area contributed by atoms with Crippen LogP contribution in [0.4, 0.5) is 0 Å². The molecule has 8 heteroatoms. The van der Waals surface area contributed by atoms with Gasteiger partial charge in [-0.2, -0.15) is 4.80 Å². The van der Waals surface area contributed by atoms with E-state index in [1.807, 2.05) is 19.1 Å². The molecule has 1 aromatic heterocycles. The van der Waals surface area contributed by atoms with Crippen LogP contribution in [0, 0.1) is 0 Å². The van der Waals surface area contributed by atoms with E-state index in [0.29, 0.717) is 24.0 Å². The van der Waals surface area contributed by atoms with E-state index in [1.54, 1.807) is 19.0 Å². The number of fused-ring (bicyclic) bond motifs is 3. The van der Waals surface area contributed by atoms with Gasteiger partial charge in [-0.25, -0.2) is 0 Å². The highest BCUT2D eigenvalue weighted by Crippen LogP contribution is 2.42. The van der Waals surface area contributed by atoms with Crippen LogP contribution in [0.2, 0.25) is 0 Å². The Morgan fingerprint density at radius 1 is 1.06 bits per heavy atom. The topological polar surface area (TPSA) is 77.7 Å². The van der Waals surface area contributed by atoms with Gasteiger partial charge in [-0.05, 0) is 55.9 Å². The monoisotopic (exact) mass is 432 g/mol. The Morgan fingerprint density at radius 2 is 1.84 bits per heavy atom. The molecule has 5 rings (SSSR count). The molecule has 0 aliphatic carbocycles. The summed E-state index contributed by atoms with van der Waals surface area (Å²) in [6, 6.07) is 12.7. The van der Waals surface area contributed by atoms with Crippen molar-refractivity contribution in [3.63, 3.8) is 0 Å². The van der Waals surface area contributed by atoms with Crippen LogP contribution < -0.4 is 9.47 Å². The lowest BCUT2D eigenvalue weighted by molar-refractivity contribution is 0.227. The van der Waals surface area contributed by atoms with Crippen molar-refractivity contribution in [2.45, 2.75) is 31.8 Å². The Labute approximate surface area is 187 Å². The minimum Gasteiger partial charge on any atom is -0.493 e. The maximum absolute atomic E-state index is 5.64. The number of methoxy groups -OCH3 is 2. The van der Waals surface area contributed by atoms with Crippen molar-refractivity contribution >= 4 is 5.71 Å². The third-order valence-electron chi connectivity index (χ3n) is 6.41. The van der Waals surface area contributed by atoms with Crippen LogP contribution in [0.25, 0.3) is 11.4 Å². The first-order valence-corrected chi connectivity index (χ1v) is 11.0. The second-order valence-corrected chi connectivity index (χ2v) is 8.38. The van der Waals surface area contributed by atoms with Gasteiger partial charge in [-0.1, -0.05) is 18.2 Å². The fraction of sp³-hybridized carbons (Fsp3) is 0.417. The van der Waals surface area contributed by atoms with E-state index < -0.39 is 0 Å². The van der Waals surface area contributed by atoms with Gasteiger partial charge in [0.25, 0.3) is 0 Å². The lowest BCUT2D eigenvalue weighted by Crippen LogP contribution is -2.41. The van der Waals surface area contributed by atoms with Gasteiger partial charge in [0.15, 0.2) is 11.5 Å². The highest BCUT2D eigenvalue weighted by Gasteiger charge is 2.36. The number of hydrogen-bond acceptors (Lipinski definition) is 7. The lowest BCUT2D eigenvalue weighted by Gasteiger charge is -2.39. The van der Waals surface area contributed by atoms with Crippen molar-refractivity contribution in [3.05, 3.63) is 53.1 Å². The zero-order valence-corrected chi connectivity index (χ0v) is 18.9. The van der Waals surface area contributed by atoms with Crippen LogP contribution in [0.1, 0.15) is 36.0 Å². The number of aryl methyl sites for hydroxylation is 1. The first-order chi connectivity index (χ1) is 15.6. The second-order valence-electron chi connectivity index (χ2n) is 8.38. The minimum absolute atomic E-state index is 0.245. The lowest BCUT2D eigenvalue weighted by atomic mass is 9.79. The number of tetrazole rings is 1. The van der Waals surface area contributed by atoms with E-state index in [4.69, 9.17) is 14.5 Å². The summed E-state index contributed by atoms with van der Waals surface area (Å²) >= 11 is 0. The molecule has 0 unspecified atom stereocenters. The molecule has 2 atom stereocenters. The van der Waals surface area contributed by atoms with Crippen molar-refractivity contribution in [2.75, 3.05) is 34.4 Å². The average Bonchev–Trinajstić information content (AvgIpc) is 3.32. The van der Waals surface area contributed by atoms with Crippen LogP contribution >= 0.6 is 0 Å². The molecular weight excluding hydrogens is 404 g/mol. The molecule has 2 aliphatic rings. The van der Waals surface area contributed by atoms with E-state index in [2.05, 4.69) is 51.6 Å². The number of aliphatic imine (C=N–C) groups is 1. The fourth-order valence-corrected chi connectivity index (χ4v) is 4.73. The summed E-state index contributed by atoms with van der Waals surface area (Å²) in [5.41, 5.74) is 5.32.